The molecule has 0 atom stereocenters. The Balaban J connectivity index is 1.21. The van der Waals surface area contributed by atoms with E-state index in [0.717, 1.165) is 77.2 Å². The lowest BCUT2D eigenvalue weighted by molar-refractivity contribution is 1.18. The monoisotopic (exact) mass is 635 g/mol. The summed E-state index contributed by atoms with van der Waals surface area (Å²) in [4.78, 5) is 3.97. The number of fused-ring (bicyclic) bond motifs is 6. The van der Waals surface area contributed by atoms with Crippen LogP contribution in [0.25, 0.3) is 82.1 Å². The molecule has 0 amide bonds. The van der Waals surface area contributed by atoms with E-state index in [1.807, 2.05) is 103 Å². The van der Waals surface area contributed by atoms with E-state index in [1.54, 1.807) is 0 Å². The van der Waals surface area contributed by atoms with Crippen molar-refractivity contribution in [2.75, 3.05) is 0 Å². The van der Waals surface area contributed by atoms with Gasteiger partial charge in [-0.05, 0) is 76.9 Å². The lowest BCUT2D eigenvalue weighted by atomic mass is 9.94. The molecule has 0 aliphatic heterocycles. The third-order valence-electron chi connectivity index (χ3n) is 9.61. The van der Waals surface area contributed by atoms with Crippen LogP contribution in [0.3, 0.4) is 0 Å². The first-order chi connectivity index (χ1) is 24.7. The number of nitrogens with zero attached hydrogens (tertiary/aromatic N) is 5. The van der Waals surface area contributed by atoms with Gasteiger partial charge >= 0.3 is 0 Å². The normalized spacial score (nSPS) is 11.1. The maximum atomic E-state index is 10.5. The van der Waals surface area contributed by atoms with Crippen LogP contribution in [0, 0.1) is 29.2 Å². The summed E-state index contributed by atoms with van der Waals surface area (Å²) in [6.07, 6.45) is 0. The summed E-state index contributed by atoms with van der Waals surface area (Å²) in [5, 5.41) is 24.5. The molecule has 0 saturated carbocycles. The van der Waals surface area contributed by atoms with Crippen molar-refractivity contribution in [1.82, 2.24) is 9.13 Å². The van der Waals surface area contributed by atoms with Crippen molar-refractivity contribution >= 4 is 49.3 Å². The highest BCUT2D eigenvalue weighted by Gasteiger charge is 2.20. The summed E-state index contributed by atoms with van der Waals surface area (Å²) >= 11 is 0. The van der Waals surface area contributed by atoms with Crippen molar-refractivity contribution in [1.29, 1.82) is 10.5 Å². The predicted molar refractivity (Wildman–Crippen MR) is 202 cm³/mol. The Labute approximate surface area is 288 Å². The molecule has 9 rings (SSSR count). The first kappa shape index (κ1) is 28.8. The molecule has 0 bridgehead atoms. The fraction of sp³-hybridized carbons (Fsp3) is 0. The Hall–Kier alpha value is -7.39. The lowest BCUT2D eigenvalue weighted by Gasteiger charge is -2.17. The van der Waals surface area contributed by atoms with Gasteiger partial charge in [0, 0.05) is 27.2 Å². The average molecular weight is 636 g/mol. The van der Waals surface area contributed by atoms with Gasteiger partial charge in [0.05, 0.1) is 57.6 Å². The highest BCUT2D eigenvalue weighted by molar-refractivity contribution is 6.11. The topological polar surface area (TPSA) is 61.8 Å². The number of benzene rings is 7. The second-order valence-electron chi connectivity index (χ2n) is 12.3. The van der Waals surface area contributed by atoms with Crippen molar-refractivity contribution in [3.63, 3.8) is 0 Å². The number of aromatic nitrogens is 2. The summed E-state index contributed by atoms with van der Waals surface area (Å²) in [5.41, 5.74) is 11.0. The van der Waals surface area contributed by atoms with E-state index in [9.17, 15) is 10.5 Å². The zero-order valence-electron chi connectivity index (χ0n) is 26.7. The van der Waals surface area contributed by atoms with E-state index in [0.29, 0.717) is 16.8 Å². The van der Waals surface area contributed by atoms with Crippen LogP contribution in [0.15, 0.2) is 152 Å². The molecule has 5 heteroatoms. The first-order valence-corrected chi connectivity index (χ1v) is 16.3. The molecule has 9 aromatic rings. The van der Waals surface area contributed by atoms with Crippen molar-refractivity contribution in [2.24, 2.45) is 0 Å². The average Bonchev–Trinajstić information content (AvgIpc) is 3.69. The second-order valence-corrected chi connectivity index (χ2v) is 12.3. The van der Waals surface area contributed by atoms with E-state index in [4.69, 9.17) is 6.57 Å². The Morgan fingerprint density at radius 2 is 1.10 bits per heavy atom. The molecule has 7 aromatic carbocycles. The van der Waals surface area contributed by atoms with E-state index in [2.05, 4.69) is 74.6 Å². The minimum Gasteiger partial charge on any atom is -0.318 e. The van der Waals surface area contributed by atoms with Gasteiger partial charge in [0.1, 0.15) is 0 Å². The van der Waals surface area contributed by atoms with Gasteiger partial charge in [-0.1, -0.05) is 97.1 Å². The zero-order valence-corrected chi connectivity index (χ0v) is 26.7. The van der Waals surface area contributed by atoms with Crippen molar-refractivity contribution in [3.8, 4) is 45.8 Å². The third kappa shape index (κ3) is 4.31. The molecule has 2 heterocycles. The van der Waals surface area contributed by atoms with E-state index >= 15 is 0 Å². The maximum Gasteiger partial charge on any atom is 0.211 e. The third-order valence-corrected chi connectivity index (χ3v) is 9.61. The van der Waals surface area contributed by atoms with Crippen LogP contribution >= 0.6 is 0 Å². The smallest absolute Gasteiger partial charge is 0.211 e. The van der Waals surface area contributed by atoms with Crippen LogP contribution < -0.4 is 0 Å². The Bertz CT molecular complexity index is 2920. The molecule has 230 valence electrons. The summed E-state index contributed by atoms with van der Waals surface area (Å²) in [5.74, 6) is 0. The summed E-state index contributed by atoms with van der Waals surface area (Å²) in [7, 11) is 0. The second kappa shape index (κ2) is 11.4. The van der Waals surface area contributed by atoms with Crippen molar-refractivity contribution < 1.29 is 0 Å². The van der Waals surface area contributed by atoms with Gasteiger partial charge in [0.15, 0.2) is 0 Å². The number of hydrogen-bond acceptors (Lipinski definition) is 2. The molecule has 0 unspecified atom stereocenters. The summed E-state index contributed by atoms with van der Waals surface area (Å²) in [6.45, 7) is 8.13. The van der Waals surface area contributed by atoms with E-state index in [1.165, 1.54) is 0 Å². The van der Waals surface area contributed by atoms with Crippen LogP contribution in [0.2, 0.25) is 0 Å². The Kier molecular flexibility index (Phi) is 6.56. The van der Waals surface area contributed by atoms with Gasteiger partial charge in [-0.2, -0.15) is 10.5 Å². The molecule has 0 aliphatic rings. The molecule has 50 heavy (non-hydrogen) atoms. The van der Waals surface area contributed by atoms with E-state index < -0.39 is 0 Å². The van der Waals surface area contributed by atoms with Crippen LogP contribution in [0.4, 0.5) is 5.69 Å². The standard InChI is InChI=1S/C45H25N5/c1-48-40-16-9-15-35(45(40)50-42-18-6-2-12-36(42)37-13-3-7-19-43(37)50)31-21-22-34(32(25-31)28-47)30-10-8-11-33(26-30)49-41-17-5-4-14-38(41)39-24-29(27-46)20-23-44(39)49/h2-26H. The Morgan fingerprint density at radius 3 is 1.78 bits per heavy atom. The fourth-order valence-corrected chi connectivity index (χ4v) is 7.44. The van der Waals surface area contributed by atoms with Gasteiger partial charge in [-0.3, -0.25) is 0 Å². The van der Waals surface area contributed by atoms with E-state index in [-0.39, 0.29) is 0 Å². The molecular weight excluding hydrogens is 611 g/mol. The van der Waals surface area contributed by atoms with Gasteiger partial charge < -0.3 is 9.13 Å². The summed E-state index contributed by atoms with van der Waals surface area (Å²) in [6, 6.07) is 55.3. The highest BCUT2D eigenvalue weighted by atomic mass is 15.0. The maximum absolute atomic E-state index is 10.5. The molecule has 0 N–H and O–H groups in total. The molecule has 0 aliphatic carbocycles. The molecule has 5 nitrogen and oxygen atoms in total. The minimum absolute atomic E-state index is 0.539. The molecule has 0 saturated heterocycles. The summed E-state index contributed by atoms with van der Waals surface area (Å²) < 4.78 is 4.39. The molecule has 2 aromatic heterocycles. The molecule has 0 fully saturated rings. The largest absolute Gasteiger partial charge is 0.318 e. The molecular formula is C45H25N5. The van der Waals surface area contributed by atoms with Gasteiger partial charge in [0.25, 0.3) is 0 Å². The number of para-hydroxylation sites is 4. The Morgan fingerprint density at radius 1 is 0.480 bits per heavy atom. The zero-order chi connectivity index (χ0) is 33.8. The van der Waals surface area contributed by atoms with Crippen molar-refractivity contribution in [2.45, 2.75) is 0 Å². The number of rotatable bonds is 4. The highest BCUT2D eigenvalue weighted by Crippen LogP contribution is 2.42. The fourth-order valence-electron chi connectivity index (χ4n) is 7.44. The van der Waals surface area contributed by atoms with Crippen LogP contribution in [-0.2, 0) is 0 Å². The van der Waals surface area contributed by atoms with Crippen LogP contribution in [-0.4, -0.2) is 9.13 Å². The number of nitriles is 2. The van der Waals surface area contributed by atoms with Gasteiger partial charge in [0.2, 0.25) is 5.69 Å². The quantitative estimate of drug-likeness (QED) is 0.181. The molecule has 0 radical (unpaired) electrons. The van der Waals surface area contributed by atoms with Crippen LogP contribution in [0.1, 0.15) is 11.1 Å². The van der Waals surface area contributed by atoms with Gasteiger partial charge in [-0.15, -0.1) is 0 Å². The molecule has 0 spiro atoms. The SMILES string of the molecule is [C-]#[N+]c1cccc(-c2ccc(-c3cccc(-n4c5ccccc5c5cc(C#N)ccc54)c3)c(C#N)c2)c1-n1c2ccccc2c2ccccc21. The first-order valence-electron chi connectivity index (χ1n) is 16.3. The van der Waals surface area contributed by atoms with Crippen molar-refractivity contribution in [3.05, 3.63) is 174 Å². The number of hydrogen-bond donors (Lipinski definition) is 0. The predicted octanol–water partition coefficient (Wildman–Crippen LogP) is 11.5. The lowest BCUT2D eigenvalue weighted by Crippen LogP contribution is -1.98. The van der Waals surface area contributed by atoms with Gasteiger partial charge in [-0.25, -0.2) is 4.85 Å². The minimum atomic E-state index is 0.539. The van der Waals surface area contributed by atoms with Crippen LogP contribution in [0.5, 0.6) is 0 Å².